The lowest BCUT2D eigenvalue weighted by molar-refractivity contribution is -0.870. The summed E-state index contributed by atoms with van der Waals surface area (Å²) in [7, 11) is 1.75. The highest BCUT2D eigenvalue weighted by Crippen LogP contribution is 2.43. The SMILES string of the molecule is CCCCCCCCCCCCSCC(COP(=O)(O)OCC[N+](C)(C)C)OC(=O)CC. The number of likely N-dealkylation sites (N-methyl/N-ethyl adjacent to an activating group) is 1. The number of ether oxygens (including phenoxy) is 1. The van der Waals surface area contributed by atoms with Crippen LogP contribution >= 0.6 is 19.6 Å². The molecule has 9 heteroatoms. The lowest BCUT2D eigenvalue weighted by Gasteiger charge is -2.24. The molecular formula is C23H49NO6PS+. The van der Waals surface area contributed by atoms with Crippen LogP contribution in [-0.2, 0) is 23.1 Å². The lowest BCUT2D eigenvalue weighted by Crippen LogP contribution is -2.37. The number of hydrogen-bond donors (Lipinski definition) is 1. The number of carbonyl (C=O) groups excluding carboxylic acids is 1. The number of rotatable bonds is 22. The summed E-state index contributed by atoms with van der Waals surface area (Å²) in [5.74, 6) is 1.19. The van der Waals surface area contributed by atoms with Gasteiger partial charge in [-0.1, -0.05) is 71.6 Å². The zero-order valence-electron chi connectivity index (χ0n) is 21.2. The van der Waals surface area contributed by atoms with E-state index >= 15 is 0 Å². The normalized spacial score (nSPS) is 14.8. The van der Waals surface area contributed by atoms with Crippen molar-refractivity contribution in [3.8, 4) is 0 Å². The molecule has 192 valence electrons. The van der Waals surface area contributed by atoms with Crippen LogP contribution in [0.4, 0.5) is 0 Å². The number of phosphoric acid groups is 1. The molecule has 7 nitrogen and oxygen atoms in total. The molecule has 32 heavy (non-hydrogen) atoms. The van der Waals surface area contributed by atoms with Gasteiger partial charge in [-0.25, -0.2) is 4.57 Å². The standard InChI is InChI=1S/C23H48NO6PS/c1-6-8-9-10-11-12-13-14-15-16-19-32-21-22(30-23(25)7-2)20-29-31(26,27)28-18-17-24(3,4)5/h22H,6-21H2,1-5H3/p+1. The topological polar surface area (TPSA) is 82.1 Å². The van der Waals surface area contributed by atoms with Crippen LogP contribution in [0.15, 0.2) is 0 Å². The Labute approximate surface area is 201 Å². The number of unbranched alkanes of at least 4 members (excludes halogenated alkanes) is 9. The first-order valence-electron chi connectivity index (χ1n) is 12.3. The van der Waals surface area contributed by atoms with Crippen molar-refractivity contribution < 1.29 is 32.5 Å². The molecule has 0 fully saturated rings. The average molecular weight is 499 g/mol. The van der Waals surface area contributed by atoms with Crippen LogP contribution < -0.4 is 0 Å². The Kier molecular flexibility index (Phi) is 19.2. The molecule has 0 saturated heterocycles. The monoisotopic (exact) mass is 498 g/mol. The Morgan fingerprint density at radius 2 is 1.50 bits per heavy atom. The summed E-state index contributed by atoms with van der Waals surface area (Å²) in [5, 5.41) is 0. The predicted octanol–water partition coefficient (Wildman–Crippen LogP) is 5.80. The third-order valence-corrected chi connectivity index (χ3v) is 7.14. The smallest absolute Gasteiger partial charge is 0.459 e. The Bertz CT molecular complexity index is 515. The molecule has 0 aromatic heterocycles. The number of phosphoric ester groups is 1. The zero-order valence-corrected chi connectivity index (χ0v) is 22.9. The van der Waals surface area contributed by atoms with Gasteiger partial charge in [0.05, 0.1) is 27.7 Å². The maximum absolute atomic E-state index is 12.1. The number of thioether (sulfide) groups is 1. The third-order valence-electron chi connectivity index (χ3n) is 4.97. The summed E-state index contributed by atoms with van der Waals surface area (Å²) in [6.45, 7) is 4.52. The number of quaternary nitrogens is 1. The van der Waals surface area contributed by atoms with Gasteiger partial charge < -0.3 is 14.1 Å². The fourth-order valence-electron chi connectivity index (χ4n) is 2.94. The van der Waals surface area contributed by atoms with Gasteiger partial charge in [0.2, 0.25) is 0 Å². The Balaban J connectivity index is 4.04. The second-order valence-electron chi connectivity index (χ2n) is 9.33. The summed E-state index contributed by atoms with van der Waals surface area (Å²) >= 11 is 1.69. The van der Waals surface area contributed by atoms with E-state index in [1.54, 1.807) is 18.7 Å². The Morgan fingerprint density at radius 3 is 2.03 bits per heavy atom. The van der Waals surface area contributed by atoms with E-state index in [2.05, 4.69) is 6.92 Å². The zero-order chi connectivity index (χ0) is 24.3. The van der Waals surface area contributed by atoms with Crippen LogP contribution in [-0.4, -0.2) is 73.9 Å². The summed E-state index contributed by atoms with van der Waals surface area (Å²) < 4.78 is 28.2. The van der Waals surface area contributed by atoms with Crippen molar-refractivity contribution in [2.45, 2.75) is 90.6 Å². The van der Waals surface area contributed by atoms with E-state index in [1.165, 1.54) is 57.8 Å². The maximum Gasteiger partial charge on any atom is 0.472 e. The highest BCUT2D eigenvalue weighted by molar-refractivity contribution is 7.99. The first-order valence-corrected chi connectivity index (χ1v) is 14.9. The molecule has 0 bridgehead atoms. The molecule has 0 spiro atoms. The van der Waals surface area contributed by atoms with Gasteiger partial charge in [-0.3, -0.25) is 13.8 Å². The number of nitrogens with zero attached hydrogens (tertiary/aromatic N) is 1. The number of esters is 1. The Hall–Kier alpha value is -0.110. The molecule has 2 unspecified atom stereocenters. The van der Waals surface area contributed by atoms with Gasteiger partial charge in [-0.2, -0.15) is 11.8 Å². The van der Waals surface area contributed by atoms with Crippen molar-refractivity contribution in [3.63, 3.8) is 0 Å². The van der Waals surface area contributed by atoms with Crippen molar-refractivity contribution in [1.29, 1.82) is 0 Å². The summed E-state index contributed by atoms with van der Waals surface area (Å²) in [6, 6.07) is 0. The van der Waals surface area contributed by atoms with Crippen LogP contribution in [0, 0.1) is 0 Å². The van der Waals surface area contributed by atoms with Crippen LogP contribution in [0.25, 0.3) is 0 Å². The van der Waals surface area contributed by atoms with Crippen LogP contribution in [0.3, 0.4) is 0 Å². The minimum atomic E-state index is -4.16. The third kappa shape index (κ3) is 21.7. The molecule has 0 aromatic carbocycles. The molecule has 0 aliphatic carbocycles. The Morgan fingerprint density at radius 1 is 0.938 bits per heavy atom. The molecule has 0 aliphatic heterocycles. The van der Waals surface area contributed by atoms with E-state index in [0.717, 1.165) is 12.2 Å². The molecule has 0 aromatic rings. The van der Waals surface area contributed by atoms with E-state index in [1.807, 2.05) is 21.1 Å². The first-order chi connectivity index (χ1) is 15.1. The summed E-state index contributed by atoms with van der Waals surface area (Å²) in [5.41, 5.74) is 0. The first kappa shape index (κ1) is 31.9. The van der Waals surface area contributed by atoms with E-state index in [0.29, 0.717) is 16.8 Å². The molecule has 0 aliphatic rings. The highest BCUT2D eigenvalue weighted by atomic mass is 32.2. The maximum atomic E-state index is 12.1. The van der Waals surface area contributed by atoms with Gasteiger partial charge in [-0.15, -0.1) is 0 Å². The van der Waals surface area contributed by atoms with Gasteiger partial charge in [0.1, 0.15) is 19.3 Å². The van der Waals surface area contributed by atoms with Gasteiger partial charge in [-0.05, 0) is 12.2 Å². The van der Waals surface area contributed by atoms with Gasteiger partial charge in [0, 0.05) is 12.2 Å². The van der Waals surface area contributed by atoms with Crippen molar-refractivity contribution in [2.24, 2.45) is 0 Å². The molecule has 0 heterocycles. The number of hydrogen-bond acceptors (Lipinski definition) is 6. The fraction of sp³-hybridized carbons (Fsp3) is 0.957. The van der Waals surface area contributed by atoms with Crippen molar-refractivity contribution in [3.05, 3.63) is 0 Å². The van der Waals surface area contributed by atoms with E-state index in [9.17, 15) is 14.3 Å². The predicted molar refractivity (Wildman–Crippen MR) is 134 cm³/mol. The molecule has 2 atom stereocenters. The van der Waals surface area contributed by atoms with Crippen molar-refractivity contribution >= 4 is 25.6 Å². The average Bonchev–Trinajstić information content (AvgIpc) is 2.71. The molecule has 1 N–H and O–H groups in total. The fourth-order valence-corrected chi connectivity index (χ4v) is 4.68. The quantitative estimate of drug-likeness (QED) is 0.0874. The van der Waals surface area contributed by atoms with Gasteiger partial charge in [0.15, 0.2) is 0 Å². The lowest BCUT2D eigenvalue weighted by atomic mass is 10.1. The van der Waals surface area contributed by atoms with Gasteiger partial charge >= 0.3 is 13.8 Å². The van der Waals surface area contributed by atoms with Crippen LogP contribution in [0.2, 0.25) is 0 Å². The number of carbonyl (C=O) groups is 1. The summed E-state index contributed by atoms with van der Waals surface area (Å²) in [6.07, 6.45) is 12.7. The molecule has 0 radical (unpaired) electrons. The minimum Gasteiger partial charge on any atom is -0.459 e. The summed E-state index contributed by atoms with van der Waals surface area (Å²) in [4.78, 5) is 21.6. The van der Waals surface area contributed by atoms with Crippen LogP contribution in [0.1, 0.15) is 84.5 Å². The minimum absolute atomic E-state index is 0.115. The highest BCUT2D eigenvalue weighted by Gasteiger charge is 2.25. The molecule has 0 saturated carbocycles. The molecule has 0 rings (SSSR count). The largest absolute Gasteiger partial charge is 0.472 e. The second kappa shape index (κ2) is 19.2. The van der Waals surface area contributed by atoms with E-state index < -0.39 is 13.9 Å². The van der Waals surface area contributed by atoms with Gasteiger partial charge in [0.25, 0.3) is 0 Å². The molecule has 0 amide bonds. The van der Waals surface area contributed by atoms with Crippen LogP contribution in [0.5, 0.6) is 0 Å². The second-order valence-corrected chi connectivity index (χ2v) is 11.9. The van der Waals surface area contributed by atoms with E-state index in [-0.39, 0.29) is 25.6 Å². The molecular weight excluding hydrogens is 449 g/mol. The van der Waals surface area contributed by atoms with Crippen molar-refractivity contribution in [2.75, 3.05) is 52.4 Å². The van der Waals surface area contributed by atoms with Crippen molar-refractivity contribution in [1.82, 2.24) is 0 Å². The van der Waals surface area contributed by atoms with E-state index in [4.69, 9.17) is 13.8 Å².